The molecule has 1 unspecified atom stereocenters. The van der Waals surface area contributed by atoms with Crippen molar-refractivity contribution in [3.8, 4) is 28.6 Å². The van der Waals surface area contributed by atoms with E-state index >= 15 is 8.78 Å². The van der Waals surface area contributed by atoms with Crippen LogP contribution in [0, 0.1) is 17.5 Å². The van der Waals surface area contributed by atoms with E-state index in [0.29, 0.717) is 40.3 Å². The van der Waals surface area contributed by atoms with Gasteiger partial charge in [-0.25, -0.2) is 13.8 Å². The maximum absolute atomic E-state index is 15.0. The van der Waals surface area contributed by atoms with Crippen LogP contribution >= 0.6 is 11.8 Å². The lowest BCUT2D eigenvalue weighted by Crippen LogP contribution is -2.32. The molecule has 0 aliphatic carbocycles. The van der Waals surface area contributed by atoms with Gasteiger partial charge in [0, 0.05) is 34.5 Å². The van der Waals surface area contributed by atoms with Gasteiger partial charge in [-0.3, -0.25) is 4.79 Å². The molecule has 5 aromatic rings. The number of imidazole rings is 1. The van der Waals surface area contributed by atoms with Gasteiger partial charge >= 0.3 is 0 Å². The van der Waals surface area contributed by atoms with Crippen molar-refractivity contribution in [3.63, 3.8) is 0 Å². The molecule has 0 spiro atoms. The molecule has 1 atom stereocenters. The smallest absolute Gasteiger partial charge is 0.204 e. The first-order valence-corrected chi connectivity index (χ1v) is 13.3. The normalized spacial score (nSPS) is 16.6. The van der Waals surface area contributed by atoms with Crippen molar-refractivity contribution in [1.29, 1.82) is 0 Å². The fraction of sp³-hybridized carbons (Fsp3) is 0.172. The van der Waals surface area contributed by atoms with Crippen LogP contribution in [0.4, 0.5) is 13.2 Å². The molecule has 198 valence electrons. The van der Waals surface area contributed by atoms with Gasteiger partial charge in [0.25, 0.3) is 0 Å². The molecule has 0 amide bonds. The molecule has 2 N–H and O–H groups in total. The fourth-order valence-electron chi connectivity index (χ4n) is 5.09. The van der Waals surface area contributed by atoms with Crippen LogP contribution in [-0.4, -0.2) is 34.1 Å². The van der Waals surface area contributed by atoms with E-state index in [9.17, 15) is 9.18 Å². The van der Waals surface area contributed by atoms with Crippen LogP contribution in [0.1, 0.15) is 35.0 Å². The number of nitrogens with one attached hydrogen (secondary N) is 2. The number of aromatic nitrogens is 3. The van der Waals surface area contributed by atoms with Crippen molar-refractivity contribution >= 4 is 29.0 Å². The first kappa shape index (κ1) is 25.1. The average molecular weight is 550 g/mol. The third kappa shape index (κ3) is 3.97. The van der Waals surface area contributed by atoms with Crippen molar-refractivity contribution in [2.45, 2.75) is 23.7 Å². The zero-order valence-corrected chi connectivity index (χ0v) is 21.7. The molecule has 0 saturated carbocycles. The van der Waals surface area contributed by atoms with Gasteiger partial charge in [-0.2, -0.15) is 4.39 Å². The molecular weight excluding hydrogens is 527 g/mol. The van der Waals surface area contributed by atoms with E-state index in [1.54, 1.807) is 30.7 Å². The number of carbonyl (C=O) groups excluding carboxylic acids is 1. The highest BCUT2D eigenvalue weighted by Crippen LogP contribution is 2.45. The van der Waals surface area contributed by atoms with E-state index < -0.39 is 22.9 Å². The standard InChI is InChI=1S/C29H22F3N3O3S/c1-29(9-11-37-25-15(14-36)4-3-5-19(25)29)21-13-34-28(35-21)18-12-16(6-7-20(18)30)38-26-23(32)22(31)24-17(8-10-33-24)27(26)39-2/h3-8,10,12-14,33H,9,11H2,1-2H3,(H,34,35). The predicted molar refractivity (Wildman–Crippen MR) is 142 cm³/mol. The Bertz CT molecular complexity index is 1750. The topological polar surface area (TPSA) is 80.0 Å². The summed E-state index contributed by atoms with van der Waals surface area (Å²) in [6, 6.07) is 11.0. The first-order valence-electron chi connectivity index (χ1n) is 12.1. The van der Waals surface area contributed by atoms with Crippen molar-refractivity contribution < 1.29 is 27.4 Å². The molecule has 0 radical (unpaired) electrons. The Hall–Kier alpha value is -4.18. The molecule has 0 fully saturated rings. The molecule has 0 bridgehead atoms. The van der Waals surface area contributed by atoms with E-state index in [1.165, 1.54) is 36.2 Å². The van der Waals surface area contributed by atoms with Gasteiger partial charge in [-0.05, 0) is 49.9 Å². The molecule has 3 heterocycles. The minimum atomic E-state index is -1.14. The minimum Gasteiger partial charge on any atom is -0.492 e. The molecule has 6 rings (SSSR count). The van der Waals surface area contributed by atoms with Gasteiger partial charge < -0.3 is 19.4 Å². The maximum atomic E-state index is 15.0. The summed E-state index contributed by atoms with van der Waals surface area (Å²) in [5.74, 6) is -2.15. The van der Waals surface area contributed by atoms with Gasteiger partial charge in [0.1, 0.15) is 23.1 Å². The Morgan fingerprint density at radius 1 is 1.15 bits per heavy atom. The monoisotopic (exact) mass is 549 g/mol. The molecule has 2 aromatic heterocycles. The Morgan fingerprint density at radius 3 is 2.79 bits per heavy atom. The predicted octanol–water partition coefficient (Wildman–Crippen LogP) is 7.39. The number of aromatic amines is 2. The highest BCUT2D eigenvalue weighted by atomic mass is 32.2. The molecule has 3 aromatic carbocycles. The number of hydrogen-bond donors (Lipinski definition) is 2. The van der Waals surface area contributed by atoms with Crippen LogP contribution in [0.25, 0.3) is 22.3 Å². The molecule has 1 aliphatic heterocycles. The molecule has 0 saturated heterocycles. The van der Waals surface area contributed by atoms with Gasteiger partial charge in [0.15, 0.2) is 17.9 Å². The molecule has 39 heavy (non-hydrogen) atoms. The number of thioether (sulfide) groups is 1. The lowest BCUT2D eigenvalue weighted by molar-refractivity contribution is 0.111. The van der Waals surface area contributed by atoms with E-state index in [0.717, 1.165) is 11.8 Å². The van der Waals surface area contributed by atoms with Crippen LogP contribution in [-0.2, 0) is 5.41 Å². The number of halogens is 3. The Kier molecular flexibility index (Phi) is 6.14. The van der Waals surface area contributed by atoms with E-state index in [2.05, 4.69) is 15.0 Å². The van der Waals surface area contributed by atoms with Gasteiger partial charge in [-0.1, -0.05) is 12.1 Å². The zero-order chi connectivity index (χ0) is 27.3. The summed E-state index contributed by atoms with van der Waals surface area (Å²) in [6.07, 6.45) is 6.26. The molecule has 6 nitrogen and oxygen atoms in total. The number of para-hydroxylation sites is 1. The van der Waals surface area contributed by atoms with Gasteiger partial charge in [-0.15, -0.1) is 11.8 Å². The van der Waals surface area contributed by atoms with Crippen LogP contribution in [0.5, 0.6) is 17.2 Å². The van der Waals surface area contributed by atoms with Crippen LogP contribution < -0.4 is 9.47 Å². The number of aldehydes is 1. The Morgan fingerprint density at radius 2 is 2.00 bits per heavy atom. The highest BCUT2D eigenvalue weighted by Gasteiger charge is 2.38. The van der Waals surface area contributed by atoms with Crippen LogP contribution in [0.3, 0.4) is 0 Å². The summed E-state index contributed by atoms with van der Waals surface area (Å²) >= 11 is 1.21. The minimum absolute atomic E-state index is 0.0514. The fourth-order valence-corrected chi connectivity index (χ4v) is 5.79. The van der Waals surface area contributed by atoms with Crippen molar-refractivity contribution in [1.82, 2.24) is 15.0 Å². The molecule has 10 heteroatoms. The summed E-state index contributed by atoms with van der Waals surface area (Å²) in [4.78, 5) is 22.3. The van der Waals surface area contributed by atoms with E-state index in [-0.39, 0.29) is 28.4 Å². The summed E-state index contributed by atoms with van der Waals surface area (Å²) in [7, 11) is 0. The summed E-state index contributed by atoms with van der Waals surface area (Å²) < 4.78 is 56.3. The number of hydrogen-bond acceptors (Lipinski definition) is 5. The summed E-state index contributed by atoms with van der Waals surface area (Å²) in [5.41, 5.74) is 1.59. The van der Waals surface area contributed by atoms with Crippen molar-refractivity contribution in [2.24, 2.45) is 0 Å². The SMILES string of the molecule is CSc1c(Oc2ccc(F)c(-c3ncc(C4(C)CCOc5c(C=O)cccc54)[nH]3)c2)c(F)c(F)c2[nH]ccc12. The van der Waals surface area contributed by atoms with E-state index in [1.807, 2.05) is 13.0 Å². The number of nitrogens with zero attached hydrogens (tertiary/aromatic N) is 1. The lowest BCUT2D eigenvalue weighted by atomic mass is 9.75. The molecule has 1 aliphatic rings. The average Bonchev–Trinajstić information content (AvgIpc) is 3.64. The number of carbonyl (C=O) groups is 1. The second-order valence-electron chi connectivity index (χ2n) is 9.42. The van der Waals surface area contributed by atoms with Crippen LogP contribution in [0.2, 0.25) is 0 Å². The summed E-state index contributed by atoms with van der Waals surface area (Å²) in [6.45, 7) is 2.40. The van der Waals surface area contributed by atoms with Crippen molar-refractivity contribution in [3.05, 3.63) is 89.1 Å². The number of fused-ring (bicyclic) bond motifs is 2. The largest absolute Gasteiger partial charge is 0.492 e. The highest BCUT2D eigenvalue weighted by molar-refractivity contribution is 7.99. The number of ether oxygens (including phenoxy) is 2. The number of benzene rings is 3. The van der Waals surface area contributed by atoms with Gasteiger partial charge in [0.05, 0.1) is 28.1 Å². The van der Waals surface area contributed by atoms with Crippen molar-refractivity contribution in [2.75, 3.05) is 12.9 Å². The first-order chi connectivity index (χ1) is 18.9. The third-order valence-corrected chi connectivity index (χ3v) is 8.03. The molecular formula is C29H22F3N3O3S. The number of rotatable bonds is 6. The lowest BCUT2D eigenvalue weighted by Gasteiger charge is -2.35. The maximum Gasteiger partial charge on any atom is 0.204 e. The van der Waals surface area contributed by atoms with Gasteiger partial charge in [0.2, 0.25) is 5.82 Å². The second-order valence-corrected chi connectivity index (χ2v) is 10.2. The summed E-state index contributed by atoms with van der Waals surface area (Å²) in [5, 5.41) is 0.483. The number of H-pyrrole nitrogens is 2. The van der Waals surface area contributed by atoms with E-state index in [4.69, 9.17) is 9.47 Å². The third-order valence-electron chi connectivity index (χ3n) is 7.21. The zero-order valence-electron chi connectivity index (χ0n) is 20.9. The van der Waals surface area contributed by atoms with Crippen LogP contribution in [0.15, 0.2) is 59.8 Å². The quantitative estimate of drug-likeness (QED) is 0.171. The Labute approximate surface area is 225 Å². The second kappa shape index (κ2) is 9.53. The Balaban J connectivity index is 1.38.